The summed E-state index contributed by atoms with van der Waals surface area (Å²) in [6, 6.07) is 0. The van der Waals surface area contributed by atoms with Crippen molar-refractivity contribution < 1.29 is 8.78 Å². The minimum Gasteiger partial charge on any atom is -0.311 e. The van der Waals surface area contributed by atoms with E-state index in [1.807, 2.05) is 6.92 Å². The van der Waals surface area contributed by atoms with Gasteiger partial charge in [-0.25, -0.2) is 8.78 Å². The van der Waals surface area contributed by atoms with Gasteiger partial charge in [-0.2, -0.15) is 0 Å². The van der Waals surface area contributed by atoms with E-state index in [4.69, 9.17) is 0 Å². The van der Waals surface area contributed by atoms with E-state index in [9.17, 15) is 8.78 Å². The lowest BCUT2D eigenvalue weighted by molar-refractivity contribution is -0.0520. The van der Waals surface area contributed by atoms with Crippen LogP contribution < -0.4 is 5.32 Å². The first-order valence-corrected chi connectivity index (χ1v) is 6.41. The van der Waals surface area contributed by atoms with E-state index in [1.165, 1.54) is 0 Å². The molecule has 0 bridgehead atoms. The van der Waals surface area contributed by atoms with E-state index < -0.39 is 5.92 Å². The number of nitrogens with zero attached hydrogens (tertiary/aromatic N) is 2. The maximum Gasteiger partial charge on any atom is 0.248 e. The van der Waals surface area contributed by atoms with Crippen LogP contribution in [0.25, 0.3) is 0 Å². The Hall–Kier alpha value is -1.10. The molecule has 1 fully saturated rings. The van der Waals surface area contributed by atoms with Gasteiger partial charge in [-0.3, -0.25) is 9.97 Å². The van der Waals surface area contributed by atoms with Crippen LogP contribution in [0.15, 0.2) is 12.4 Å². The van der Waals surface area contributed by atoms with E-state index >= 15 is 0 Å². The number of aromatic nitrogens is 2. The molecule has 0 spiro atoms. The van der Waals surface area contributed by atoms with Gasteiger partial charge in [0.05, 0.1) is 11.4 Å². The van der Waals surface area contributed by atoms with Crippen LogP contribution in [-0.4, -0.2) is 22.4 Å². The van der Waals surface area contributed by atoms with Crippen LogP contribution >= 0.6 is 0 Å². The van der Waals surface area contributed by atoms with Gasteiger partial charge in [-0.1, -0.05) is 0 Å². The fraction of sp³-hybridized carbons (Fsp3) is 0.692. The van der Waals surface area contributed by atoms with Gasteiger partial charge in [0.1, 0.15) is 0 Å². The Morgan fingerprint density at radius 1 is 1.39 bits per heavy atom. The molecule has 2 rings (SSSR count). The topological polar surface area (TPSA) is 37.8 Å². The number of hydrogen-bond acceptors (Lipinski definition) is 3. The monoisotopic (exact) mass is 255 g/mol. The molecule has 0 aromatic carbocycles. The van der Waals surface area contributed by atoms with Crippen molar-refractivity contribution in [3.8, 4) is 0 Å². The summed E-state index contributed by atoms with van der Waals surface area (Å²) in [5.41, 5.74) is 1.73. The summed E-state index contributed by atoms with van der Waals surface area (Å²) in [5.74, 6) is -2.39. The van der Waals surface area contributed by atoms with E-state index in [2.05, 4.69) is 15.3 Å². The summed E-state index contributed by atoms with van der Waals surface area (Å²) < 4.78 is 26.4. The molecule has 1 unspecified atom stereocenters. The average Bonchev–Trinajstić information content (AvgIpc) is 2.30. The summed E-state index contributed by atoms with van der Waals surface area (Å²) in [6.07, 6.45) is 5.02. The normalized spacial score (nSPS) is 22.9. The largest absolute Gasteiger partial charge is 0.311 e. The van der Waals surface area contributed by atoms with E-state index in [0.717, 1.165) is 17.8 Å². The van der Waals surface area contributed by atoms with Crippen LogP contribution in [0, 0.1) is 12.8 Å². The van der Waals surface area contributed by atoms with Gasteiger partial charge < -0.3 is 5.32 Å². The molecule has 100 valence electrons. The van der Waals surface area contributed by atoms with E-state index in [-0.39, 0.29) is 18.8 Å². The first kappa shape index (κ1) is 13.3. The molecule has 0 radical (unpaired) electrons. The third-order valence-electron chi connectivity index (χ3n) is 3.32. The fourth-order valence-electron chi connectivity index (χ4n) is 2.37. The summed E-state index contributed by atoms with van der Waals surface area (Å²) in [5, 5.41) is 3.19. The summed E-state index contributed by atoms with van der Waals surface area (Å²) in [4.78, 5) is 8.36. The van der Waals surface area contributed by atoms with Crippen LogP contribution in [-0.2, 0) is 6.54 Å². The molecule has 1 heterocycles. The summed E-state index contributed by atoms with van der Waals surface area (Å²) in [6.45, 7) is 3.11. The number of aryl methyl sites for hydroxylation is 1. The Labute approximate surface area is 106 Å². The zero-order valence-electron chi connectivity index (χ0n) is 10.6. The fourth-order valence-corrected chi connectivity index (χ4v) is 2.37. The van der Waals surface area contributed by atoms with Crippen LogP contribution in [0.1, 0.15) is 37.1 Å². The molecular formula is C13H19F2N3. The van der Waals surface area contributed by atoms with Crippen LogP contribution in [0.5, 0.6) is 0 Å². The number of hydrogen-bond donors (Lipinski definition) is 1. The standard InChI is InChI=1S/C13H19F2N3/c1-10-6-18-12(9-17-10)8-16-7-11-3-2-4-13(14,15)5-11/h6,9,11,16H,2-5,7-8H2,1H3. The van der Waals surface area contributed by atoms with Crippen molar-refractivity contribution in [3.05, 3.63) is 23.8 Å². The molecule has 1 aromatic rings. The van der Waals surface area contributed by atoms with Crippen molar-refractivity contribution in [1.29, 1.82) is 0 Å². The van der Waals surface area contributed by atoms with Crippen molar-refractivity contribution in [2.75, 3.05) is 6.54 Å². The van der Waals surface area contributed by atoms with E-state index in [1.54, 1.807) is 12.4 Å². The highest BCUT2D eigenvalue weighted by molar-refractivity contribution is 5.00. The summed E-state index contributed by atoms with van der Waals surface area (Å²) >= 11 is 0. The number of halogens is 2. The summed E-state index contributed by atoms with van der Waals surface area (Å²) in [7, 11) is 0. The molecule has 0 saturated heterocycles. The highest BCUT2D eigenvalue weighted by Crippen LogP contribution is 2.36. The highest BCUT2D eigenvalue weighted by atomic mass is 19.3. The van der Waals surface area contributed by atoms with Gasteiger partial charge in [0.15, 0.2) is 0 Å². The van der Waals surface area contributed by atoms with Gasteiger partial charge in [-0.05, 0) is 32.2 Å². The van der Waals surface area contributed by atoms with Crippen molar-refractivity contribution >= 4 is 0 Å². The quantitative estimate of drug-likeness (QED) is 0.899. The molecule has 18 heavy (non-hydrogen) atoms. The smallest absolute Gasteiger partial charge is 0.248 e. The molecule has 1 aromatic heterocycles. The number of alkyl halides is 2. The molecule has 3 nitrogen and oxygen atoms in total. The average molecular weight is 255 g/mol. The minimum atomic E-state index is -2.46. The minimum absolute atomic E-state index is 0.0135. The molecule has 0 aliphatic heterocycles. The molecule has 1 N–H and O–H groups in total. The number of rotatable bonds is 4. The predicted molar refractivity (Wildman–Crippen MR) is 65.4 cm³/mol. The molecule has 1 saturated carbocycles. The van der Waals surface area contributed by atoms with Gasteiger partial charge in [0, 0.05) is 31.8 Å². The van der Waals surface area contributed by atoms with Gasteiger partial charge in [0.2, 0.25) is 5.92 Å². The van der Waals surface area contributed by atoms with Crippen molar-refractivity contribution in [2.24, 2.45) is 5.92 Å². The molecule has 5 heteroatoms. The second-order valence-electron chi connectivity index (χ2n) is 5.10. The lowest BCUT2D eigenvalue weighted by Gasteiger charge is -2.28. The number of nitrogens with one attached hydrogen (secondary N) is 1. The van der Waals surface area contributed by atoms with Crippen molar-refractivity contribution in [3.63, 3.8) is 0 Å². The Morgan fingerprint density at radius 2 is 2.22 bits per heavy atom. The van der Waals surface area contributed by atoms with Crippen LogP contribution in [0.4, 0.5) is 8.78 Å². The highest BCUT2D eigenvalue weighted by Gasteiger charge is 2.35. The van der Waals surface area contributed by atoms with Gasteiger partial charge in [0.25, 0.3) is 0 Å². The Balaban J connectivity index is 1.73. The molecular weight excluding hydrogens is 236 g/mol. The first-order chi connectivity index (χ1) is 8.55. The molecule has 1 aliphatic carbocycles. The molecule has 1 atom stereocenters. The Kier molecular flexibility index (Phi) is 4.22. The lowest BCUT2D eigenvalue weighted by Crippen LogP contribution is -2.32. The lowest BCUT2D eigenvalue weighted by atomic mass is 9.86. The van der Waals surface area contributed by atoms with Crippen molar-refractivity contribution in [2.45, 2.75) is 45.1 Å². The Bertz CT molecular complexity index is 378. The van der Waals surface area contributed by atoms with Crippen molar-refractivity contribution in [1.82, 2.24) is 15.3 Å². The predicted octanol–water partition coefficient (Wildman–Crippen LogP) is 2.70. The third kappa shape index (κ3) is 3.98. The van der Waals surface area contributed by atoms with Crippen LogP contribution in [0.2, 0.25) is 0 Å². The SMILES string of the molecule is Cc1cnc(CNCC2CCCC(F)(F)C2)cn1. The Morgan fingerprint density at radius 3 is 2.89 bits per heavy atom. The second kappa shape index (κ2) is 5.69. The van der Waals surface area contributed by atoms with Gasteiger partial charge in [-0.15, -0.1) is 0 Å². The first-order valence-electron chi connectivity index (χ1n) is 6.41. The maximum atomic E-state index is 13.2. The zero-order valence-corrected chi connectivity index (χ0v) is 10.6. The van der Waals surface area contributed by atoms with E-state index in [0.29, 0.717) is 19.5 Å². The second-order valence-corrected chi connectivity index (χ2v) is 5.10. The molecule has 0 amide bonds. The maximum absolute atomic E-state index is 13.2. The molecule has 1 aliphatic rings. The van der Waals surface area contributed by atoms with Gasteiger partial charge >= 0.3 is 0 Å². The van der Waals surface area contributed by atoms with Crippen LogP contribution in [0.3, 0.4) is 0 Å². The third-order valence-corrected chi connectivity index (χ3v) is 3.32. The zero-order chi connectivity index (χ0) is 13.0.